The van der Waals surface area contributed by atoms with Crippen LogP contribution in [0.1, 0.15) is 145 Å². The van der Waals surface area contributed by atoms with Crippen LogP contribution in [0.25, 0.3) is 0 Å². The molecule has 4 aromatic rings. The molecule has 6 nitrogen and oxygen atoms in total. The van der Waals surface area contributed by atoms with Crippen molar-refractivity contribution in [1.29, 1.82) is 0 Å². The predicted molar refractivity (Wildman–Crippen MR) is 228 cm³/mol. The van der Waals surface area contributed by atoms with Gasteiger partial charge in [-0.3, -0.25) is 0 Å². The minimum atomic E-state index is 0.0325. The number of rotatable bonds is 11. The lowest BCUT2D eigenvalue weighted by molar-refractivity contribution is 0.0566. The lowest BCUT2D eigenvalue weighted by atomic mass is 9.66. The van der Waals surface area contributed by atoms with Crippen LogP contribution >= 0.6 is 0 Å². The summed E-state index contributed by atoms with van der Waals surface area (Å²) in [7, 11) is 0. The number of benzene rings is 4. The lowest BCUT2D eigenvalue weighted by Gasteiger charge is -2.43. The van der Waals surface area contributed by atoms with E-state index in [2.05, 4.69) is 112 Å². The fourth-order valence-corrected chi connectivity index (χ4v) is 9.80. The van der Waals surface area contributed by atoms with E-state index in [9.17, 15) is 0 Å². The van der Waals surface area contributed by atoms with E-state index >= 15 is 0 Å². The second kappa shape index (κ2) is 18.5. The van der Waals surface area contributed by atoms with Gasteiger partial charge in [-0.05, 0) is 160 Å². The van der Waals surface area contributed by atoms with Gasteiger partial charge in [0.15, 0.2) is 0 Å². The minimum Gasteiger partial charge on any atom is -0.490 e. The maximum Gasteiger partial charge on any atom is 0.124 e. The third-order valence-corrected chi connectivity index (χ3v) is 13.4. The van der Waals surface area contributed by atoms with Crippen molar-refractivity contribution in [3.63, 3.8) is 0 Å². The van der Waals surface area contributed by atoms with Gasteiger partial charge in [-0.15, -0.1) is 0 Å². The van der Waals surface area contributed by atoms with Crippen LogP contribution in [0, 0.1) is 5.41 Å². The molecule has 4 N–H and O–H groups in total. The fraction of sp³-hybridized carbons (Fsp3) is 0.520. The molecule has 4 aromatic carbocycles. The van der Waals surface area contributed by atoms with Crippen LogP contribution < -0.4 is 30.4 Å². The third kappa shape index (κ3) is 9.74. The van der Waals surface area contributed by atoms with Gasteiger partial charge in [0.05, 0.1) is 12.2 Å². The van der Waals surface area contributed by atoms with E-state index < -0.39 is 0 Å². The first kappa shape index (κ1) is 40.2. The van der Waals surface area contributed by atoms with E-state index in [1.54, 1.807) is 0 Å². The molecule has 2 fully saturated rings. The summed E-state index contributed by atoms with van der Waals surface area (Å²) >= 11 is 0. The van der Waals surface area contributed by atoms with Crippen molar-refractivity contribution in [1.82, 2.24) is 0 Å². The van der Waals surface area contributed by atoms with E-state index in [0.717, 1.165) is 106 Å². The predicted octanol–water partition coefficient (Wildman–Crippen LogP) is 11.8. The van der Waals surface area contributed by atoms with Crippen molar-refractivity contribution in [2.45, 2.75) is 160 Å². The first-order valence-corrected chi connectivity index (χ1v) is 21.9. The Bertz CT molecular complexity index is 1810. The zero-order valence-electron chi connectivity index (χ0n) is 34.2. The van der Waals surface area contributed by atoms with Crippen molar-refractivity contribution in [3.05, 3.63) is 119 Å². The lowest BCUT2D eigenvalue weighted by Crippen LogP contribution is -2.45. The average molecular weight is 759 g/mol. The maximum atomic E-state index is 6.51. The molecular formula is C50H66N2O4. The topological polar surface area (TPSA) is 89.0 Å². The van der Waals surface area contributed by atoms with Crippen LogP contribution in [0.5, 0.6) is 23.0 Å². The molecule has 56 heavy (non-hydrogen) atoms. The van der Waals surface area contributed by atoms with Crippen LogP contribution in [-0.4, -0.2) is 23.8 Å². The molecular weight excluding hydrogens is 693 g/mol. The van der Waals surface area contributed by atoms with Crippen molar-refractivity contribution < 1.29 is 18.9 Å². The molecule has 2 aliphatic heterocycles. The van der Waals surface area contributed by atoms with Crippen LogP contribution in [0.4, 0.5) is 0 Å². The van der Waals surface area contributed by atoms with Crippen molar-refractivity contribution >= 4 is 0 Å². The van der Waals surface area contributed by atoms with Crippen LogP contribution in [0.3, 0.4) is 0 Å². The second-order valence-corrected chi connectivity index (χ2v) is 17.1. The quantitative estimate of drug-likeness (QED) is 0.158. The highest BCUT2D eigenvalue weighted by Crippen LogP contribution is 2.44. The SMILES string of the molecule is CCC(N)C1(CC)CCC(Oc2ccc3c(c2)CCC(c2ccccc2)O3)CC1.CCCC1(N)CCC(Oc2ccc3c(c2)CCC(c2ccccc2)O3)CC1. The largest absolute Gasteiger partial charge is 0.490 e. The van der Waals surface area contributed by atoms with E-state index in [1.807, 2.05) is 6.07 Å². The summed E-state index contributed by atoms with van der Waals surface area (Å²) in [5.74, 6) is 3.95. The Labute approximate surface area is 336 Å². The zero-order valence-corrected chi connectivity index (χ0v) is 34.2. The van der Waals surface area contributed by atoms with Crippen molar-refractivity contribution in [2.24, 2.45) is 16.9 Å². The summed E-state index contributed by atoms with van der Waals surface area (Å²) in [6.45, 7) is 6.72. The minimum absolute atomic E-state index is 0.0325. The van der Waals surface area contributed by atoms with Gasteiger partial charge in [-0.2, -0.15) is 0 Å². The van der Waals surface area contributed by atoms with Crippen LogP contribution in [0.15, 0.2) is 97.1 Å². The Balaban J connectivity index is 0.000000172. The number of ether oxygens (including phenoxy) is 4. The fourth-order valence-electron chi connectivity index (χ4n) is 9.80. The molecule has 2 saturated carbocycles. The number of hydrogen-bond donors (Lipinski definition) is 2. The van der Waals surface area contributed by atoms with E-state index in [0.29, 0.717) is 17.6 Å². The number of hydrogen-bond acceptors (Lipinski definition) is 6. The van der Waals surface area contributed by atoms with Gasteiger partial charge in [-0.1, -0.05) is 87.9 Å². The molecule has 3 atom stereocenters. The summed E-state index contributed by atoms with van der Waals surface area (Å²) in [6, 6.07) is 34.0. The Morgan fingerprint density at radius 3 is 1.52 bits per heavy atom. The highest BCUT2D eigenvalue weighted by atomic mass is 16.5. The van der Waals surface area contributed by atoms with E-state index in [4.69, 9.17) is 30.4 Å². The van der Waals surface area contributed by atoms with Crippen molar-refractivity contribution in [2.75, 3.05) is 0 Å². The summed E-state index contributed by atoms with van der Waals surface area (Å²) in [5.41, 5.74) is 18.3. The third-order valence-electron chi connectivity index (χ3n) is 13.4. The molecule has 0 aromatic heterocycles. The summed E-state index contributed by atoms with van der Waals surface area (Å²) in [5, 5.41) is 0. The molecule has 2 aliphatic carbocycles. The average Bonchev–Trinajstić information content (AvgIpc) is 3.25. The molecule has 0 amide bonds. The molecule has 8 rings (SSSR count). The Morgan fingerprint density at radius 1 is 0.625 bits per heavy atom. The van der Waals surface area contributed by atoms with E-state index in [-0.39, 0.29) is 23.9 Å². The van der Waals surface area contributed by atoms with Gasteiger partial charge < -0.3 is 30.4 Å². The van der Waals surface area contributed by atoms with Crippen LogP contribution in [0.2, 0.25) is 0 Å². The van der Waals surface area contributed by atoms with Gasteiger partial charge in [0.25, 0.3) is 0 Å². The van der Waals surface area contributed by atoms with Gasteiger partial charge >= 0.3 is 0 Å². The van der Waals surface area contributed by atoms with Gasteiger partial charge in [0, 0.05) is 11.6 Å². The number of fused-ring (bicyclic) bond motifs is 2. The normalized spacial score (nSPS) is 27.5. The Hall–Kier alpha value is -4.00. The van der Waals surface area contributed by atoms with Crippen molar-refractivity contribution in [3.8, 4) is 23.0 Å². The van der Waals surface area contributed by atoms with Gasteiger partial charge in [-0.25, -0.2) is 0 Å². The molecule has 0 radical (unpaired) electrons. The molecule has 3 unspecified atom stereocenters. The molecule has 6 heteroatoms. The first-order valence-electron chi connectivity index (χ1n) is 21.9. The summed E-state index contributed by atoms with van der Waals surface area (Å²) in [4.78, 5) is 0. The second-order valence-electron chi connectivity index (χ2n) is 17.1. The highest BCUT2D eigenvalue weighted by Gasteiger charge is 2.39. The molecule has 300 valence electrons. The Morgan fingerprint density at radius 2 is 1.09 bits per heavy atom. The Kier molecular flexibility index (Phi) is 13.3. The highest BCUT2D eigenvalue weighted by molar-refractivity contribution is 5.43. The zero-order chi connectivity index (χ0) is 39.0. The van der Waals surface area contributed by atoms with Gasteiger partial charge in [0.1, 0.15) is 35.2 Å². The monoisotopic (exact) mass is 759 g/mol. The number of nitrogens with two attached hydrogens (primary N) is 2. The molecule has 0 spiro atoms. The van der Waals surface area contributed by atoms with Crippen LogP contribution in [-0.2, 0) is 12.8 Å². The number of aryl methyl sites for hydroxylation is 2. The smallest absolute Gasteiger partial charge is 0.124 e. The summed E-state index contributed by atoms with van der Waals surface area (Å²) in [6.07, 6.45) is 18.3. The molecule has 0 saturated heterocycles. The standard InChI is InChI=1S/C26H35NO2.C24H31NO2/c1-3-25(27)26(4-2)16-14-21(15-17-26)28-22-11-13-24-20(18-22)10-12-23(29-24)19-8-6-5-7-9-19;1-2-14-24(25)15-12-20(13-16-24)26-21-9-11-23-19(17-21)8-10-22(27-23)18-6-4-3-5-7-18/h5-9,11,13,18,21,23,25H,3-4,10,12,14-17,27H2,1-2H3;3-7,9,11,17,20,22H,2,8,10,12-16,25H2,1H3. The molecule has 4 aliphatic rings. The van der Waals surface area contributed by atoms with E-state index in [1.165, 1.54) is 41.5 Å². The molecule has 0 bridgehead atoms. The first-order chi connectivity index (χ1) is 27.3. The molecule has 2 heterocycles. The summed E-state index contributed by atoms with van der Waals surface area (Å²) < 4.78 is 25.2. The van der Waals surface area contributed by atoms with Gasteiger partial charge in [0.2, 0.25) is 0 Å². The maximum absolute atomic E-state index is 6.51.